The number of furan rings is 1. The SMILES string of the molecule is CCS[C@@H]1CCCC[C@H]1NCc1nnc(-c2cc(C)oc2C)o1. The van der Waals surface area contributed by atoms with Crippen molar-refractivity contribution in [3.05, 3.63) is 23.5 Å². The molecule has 1 N–H and O–H groups in total. The third-order valence-electron chi connectivity index (χ3n) is 4.34. The molecule has 2 aromatic heterocycles. The number of aromatic nitrogens is 2. The van der Waals surface area contributed by atoms with Crippen molar-refractivity contribution in [1.29, 1.82) is 0 Å². The van der Waals surface area contributed by atoms with E-state index in [0.29, 0.717) is 29.6 Å². The predicted molar refractivity (Wildman–Crippen MR) is 92.5 cm³/mol. The summed E-state index contributed by atoms with van der Waals surface area (Å²) in [6.45, 7) is 6.70. The zero-order chi connectivity index (χ0) is 16.2. The van der Waals surface area contributed by atoms with Gasteiger partial charge in [0.25, 0.3) is 5.89 Å². The van der Waals surface area contributed by atoms with Crippen molar-refractivity contribution in [2.45, 2.75) is 64.3 Å². The average molecular weight is 335 g/mol. The Bertz CT molecular complexity index is 636. The molecular formula is C17H25N3O2S. The summed E-state index contributed by atoms with van der Waals surface area (Å²) in [5.41, 5.74) is 0.887. The van der Waals surface area contributed by atoms with E-state index in [2.05, 4.69) is 34.2 Å². The minimum atomic E-state index is 0.541. The van der Waals surface area contributed by atoms with Gasteiger partial charge in [0, 0.05) is 11.3 Å². The maximum absolute atomic E-state index is 5.80. The third kappa shape index (κ3) is 3.98. The van der Waals surface area contributed by atoms with Gasteiger partial charge in [-0.1, -0.05) is 19.8 Å². The van der Waals surface area contributed by atoms with E-state index in [4.69, 9.17) is 8.83 Å². The Morgan fingerprint density at radius 3 is 2.78 bits per heavy atom. The quantitative estimate of drug-likeness (QED) is 0.857. The van der Waals surface area contributed by atoms with Gasteiger partial charge in [-0.3, -0.25) is 0 Å². The minimum Gasteiger partial charge on any atom is -0.466 e. The fourth-order valence-corrected chi connectivity index (χ4v) is 4.47. The molecule has 1 fully saturated rings. The zero-order valence-electron chi connectivity index (χ0n) is 14.1. The molecule has 5 nitrogen and oxygen atoms in total. The van der Waals surface area contributed by atoms with Crippen LogP contribution in [0.5, 0.6) is 0 Å². The number of nitrogens with one attached hydrogen (secondary N) is 1. The molecular weight excluding hydrogens is 310 g/mol. The molecule has 0 bridgehead atoms. The summed E-state index contributed by atoms with van der Waals surface area (Å²) < 4.78 is 11.3. The van der Waals surface area contributed by atoms with Crippen LogP contribution >= 0.6 is 11.8 Å². The van der Waals surface area contributed by atoms with Gasteiger partial charge in [-0.15, -0.1) is 10.2 Å². The van der Waals surface area contributed by atoms with Gasteiger partial charge < -0.3 is 14.2 Å². The van der Waals surface area contributed by atoms with Gasteiger partial charge in [0.15, 0.2) is 0 Å². The molecule has 1 aliphatic carbocycles. The molecule has 0 aromatic carbocycles. The van der Waals surface area contributed by atoms with Gasteiger partial charge in [0.05, 0.1) is 12.1 Å². The highest BCUT2D eigenvalue weighted by molar-refractivity contribution is 7.99. The first-order valence-corrected chi connectivity index (χ1v) is 9.47. The third-order valence-corrected chi connectivity index (χ3v) is 5.66. The van der Waals surface area contributed by atoms with Crippen molar-refractivity contribution in [3.63, 3.8) is 0 Å². The van der Waals surface area contributed by atoms with E-state index in [1.165, 1.54) is 31.4 Å². The van der Waals surface area contributed by atoms with Crippen LogP contribution in [0.15, 0.2) is 14.9 Å². The Morgan fingerprint density at radius 1 is 1.22 bits per heavy atom. The molecule has 23 heavy (non-hydrogen) atoms. The summed E-state index contributed by atoms with van der Waals surface area (Å²) in [5, 5.41) is 12.6. The van der Waals surface area contributed by atoms with Crippen molar-refractivity contribution < 1.29 is 8.83 Å². The number of nitrogens with zero attached hydrogens (tertiary/aromatic N) is 2. The number of hydrogen-bond acceptors (Lipinski definition) is 6. The van der Waals surface area contributed by atoms with Gasteiger partial charge in [-0.2, -0.15) is 11.8 Å². The number of hydrogen-bond donors (Lipinski definition) is 1. The van der Waals surface area contributed by atoms with E-state index in [0.717, 1.165) is 17.1 Å². The lowest BCUT2D eigenvalue weighted by Crippen LogP contribution is -2.40. The van der Waals surface area contributed by atoms with Crippen LogP contribution in [0.3, 0.4) is 0 Å². The predicted octanol–water partition coefficient (Wildman–Crippen LogP) is 4.10. The molecule has 0 amide bonds. The molecule has 0 saturated heterocycles. The summed E-state index contributed by atoms with van der Waals surface area (Å²) >= 11 is 2.06. The van der Waals surface area contributed by atoms with Crippen molar-refractivity contribution in [1.82, 2.24) is 15.5 Å². The Labute approximate surface area is 141 Å². The second kappa shape index (κ2) is 7.53. The lowest BCUT2D eigenvalue weighted by Gasteiger charge is -2.31. The van der Waals surface area contributed by atoms with Crippen molar-refractivity contribution in [3.8, 4) is 11.5 Å². The average Bonchev–Trinajstić information content (AvgIpc) is 3.13. The molecule has 3 rings (SSSR count). The molecule has 6 heteroatoms. The fraction of sp³-hybridized carbons (Fsp3) is 0.647. The molecule has 0 spiro atoms. The second-order valence-electron chi connectivity index (χ2n) is 6.09. The first-order chi connectivity index (χ1) is 11.2. The Hall–Kier alpha value is -1.27. The summed E-state index contributed by atoms with van der Waals surface area (Å²) in [4.78, 5) is 0. The first-order valence-electron chi connectivity index (χ1n) is 8.42. The van der Waals surface area contributed by atoms with Crippen molar-refractivity contribution >= 4 is 11.8 Å². The largest absolute Gasteiger partial charge is 0.466 e. The van der Waals surface area contributed by atoms with Crippen LogP contribution in [0.1, 0.15) is 50.0 Å². The van der Waals surface area contributed by atoms with E-state index in [1.807, 2.05) is 19.9 Å². The number of thioether (sulfide) groups is 1. The highest BCUT2D eigenvalue weighted by Gasteiger charge is 2.25. The normalized spacial score (nSPS) is 21.7. The van der Waals surface area contributed by atoms with Crippen LogP contribution in [-0.4, -0.2) is 27.2 Å². The maximum atomic E-state index is 5.80. The van der Waals surface area contributed by atoms with Crippen molar-refractivity contribution in [2.75, 3.05) is 5.75 Å². The molecule has 1 saturated carbocycles. The molecule has 1 aliphatic rings. The maximum Gasteiger partial charge on any atom is 0.251 e. The Morgan fingerprint density at radius 2 is 2.04 bits per heavy atom. The summed E-state index contributed by atoms with van der Waals surface area (Å²) in [6.07, 6.45) is 5.19. The Kier molecular flexibility index (Phi) is 5.43. The van der Waals surface area contributed by atoms with Crippen LogP contribution in [0.25, 0.3) is 11.5 Å². The monoisotopic (exact) mass is 335 g/mol. The molecule has 2 atom stereocenters. The van der Waals surface area contributed by atoms with Crippen LogP contribution in [0.2, 0.25) is 0 Å². The molecule has 2 heterocycles. The van der Waals surface area contributed by atoms with Gasteiger partial charge in [0.2, 0.25) is 5.89 Å². The first kappa shape index (κ1) is 16.6. The van der Waals surface area contributed by atoms with E-state index >= 15 is 0 Å². The van der Waals surface area contributed by atoms with Crippen LogP contribution in [-0.2, 0) is 6.54 Å². The molecule has 2 aromatic rings. The standard InChI is InChI=1S/C17H25N3O2S/c1-4-23-15-8-6-5-7-14(15)18-10-16-19-20-17(22-16)13-9-11(2)21-12(13)3/h9,14-15,18H,4-8,10H2,1-3H3/t14-,15-/m1/s1. The van der Waals surface area contributed by atoms with E-state index in [1.54, 1.807) is 0 Å². The lowest BCUT2D eigenvalue weighted by molar-refractivity contribution is 0.362. The van der Waals surface area contributed by atoms with Gasteiger partial charge in [-0.25, -0.2) is 0 Å². The Balaban J connectivity index is 1.61. The van der Waals surface area contributed by atoms with E-state index in [-0.39, 0.29) is 0 Å². The van der Waals surface area contributed by atoms with Crippen LogP contribution in [0.4, 0.5) is 0 Å². The van der Waals surface area contributed by atoms with Crippen LogP contribution < -0.4 is 5.32 Å². The topological polar surface area (TPSA) is 64.1 Å². The summed E-state index contributed by atoms with van der Waals surface area (Å²) in [5.74, 6) is 4.03. The summed E-state index contributed by atoms with van der Waals surface area (Å²) in [6, 6.07) is 2.48. The number of rotatable bonds is 6. The molecule has 126 valence electrons. The second-order valence-corrected chi connectivity index (χ2v) is 7.61. The molecule has 0 unspecified atom stereocenters. The van der Waals surface area contributed by atoms with Gasteiger partial charge >= 0.3 is 0 Å². The smallest absolute Gasteiger partial charge is 0.251 e. The minimum absolute atomic E-state index is 0.541. The van der Waals surface area contributed by atoms with Gasteiger partial charge in [-0.05, 0) is 38.5 Å². The molecule has 0 aliphatic heterocycles. The van der Waals surface area contributed by atoms with Crippen molar-refractivity contribution in [2.24, 2.45) is 0 Å². The van der Waals surface area contributed by atoms with E-state index in [9.17, 15) is 0 Å². The number of aryl methyl sites for hydroxylation is 2. The highest BCUT2D eigenvalue weighted by Crippen LogP contribution is 2.29. The van der Waals surface area contributed by atoms with Crippen LogP contribution in [0, 0.1) is 13.8 Å². The highest BCUT2D eigenvalue weighted by atomic mass is 32.2. The fourth-order valence-electron chi connectivity index (χ4n) is 3.24. The summed E-state index contributed by atoms with van der Waals surface area (Å²) in [7, 11) is 0. The van der Waals surface area contributed by atoms with E-state index < -0.39 is 0 Å². The molecule has 0 radical (unpaired) electrons. The zero-order valence-corrected chi connectivity index (χ0v) is 14.9. The lowest BCUT2D eigenvalue weighted by atomic mass is 9.95. The van der Waals surface area contributed by atoms with Gasteiger partial charge in [0.1, 0.15) is 11.5 Å².